The molecule has 6 N–H and O–H groups in total. The number of hydrogen-bond acceptors (Lipinski definition) is 10. The van der Waals surface area contributed by atoms with E-state index in [1.807, 2.05) is 0 Å². The van der Waals surface area contributed by atoms with Crippen LogP contribution in [0, 0.1) is 0 Å². The van der Waals surface area contributed by atoms with Crippen LogP contribution >= 0.6 is 7.75 Å². The van der Waals surface area contributed by atoms with Gasteiger partial charge in [-0.05, 0) is 0 Å². The average molecular weight is 413 g/mol. The lowest BCUT2D eigenvalue weighted by Crippen LogP contribution is -2.33. The highest BCUT2D eigenvalue weighted by Crippen LogP contribution is 2.44. The van der Waals surface area contributed by atoms with Gasteiger partial charge in [0.15, 0.2) is 17.4 Å². The Balaban J connectivity index is 1.55. The van der Waals surface area contributed by atoms with E-state index in [4.69, 9.17) is 15.0 Å². The van der Waals surface area contributed by atoms with Crippen molar-refractivity contribution in [3.05, 3.63) is 35.4 Å². The molecule has 1 aliphatic rings. The van der Waals surface area contributed by atoms with E-state index in [1.54, 1.807) is 0 Å². The molecule has 0 aromatic carbocycles. The number of nitrogen functional groups attached to an aromatic ring is 1. The molecular formula is C13H16N7O7P. The van der Waals surface area contributed by atoms with Crippen molar-refractivity contribution in [3.8, 4) is 0 Å². The molecule has 5 atom stereocenters. The first-order valence-electron chi connectivity index (χ1n) is 7.98. The number of anilines is 1. The van der Waals surface area contributed by atoms with Crippen LogP contribution in [0.3, 0.4) is 0 Å². The zero-order chi connectivity index (χ0) is 20.1. The van der Waals surface area contributed by atoms with Gasteiger partial charge in [-0.15, -0.1) is 0 Å². The summed E-state index contributed by atoms with van der Waals surface area (Å²) in [7, 11) is -4.24. The molecule has 28 heavy (non-hydrogen) atoms. The van der Waals surface area contributed by atoms with Gasteiger partial charge in [0.2, 0.25) is 5.95 Å². The molecule has 1 saturated heterocycles. The van der Waals surface area contributed by atoms with E-state index in [0.717, 1.165) is 10.7 Å². The van der Waals surface area contributed by atoms with Crippen LogP contribution in [0.15, 0.2) is 29.8 Å². The van der Waals surface area contributed by atoms with Crippen LogP contribution in [-0.2, 0) is 13.8 Å². The predicted molar refractivity (Wildman–Crippen MR) is 91.9 cm³/mol. The Labute approximate surface area is 155 Å². The maximum absolute atomic E-state index is 12.2. The summed E-state index contributed by atoms with van der Waals surface area (Å²) in [6.07, 6.45) is -0.333. The quantitative estimate of drug-likeness (QED) is 0.295. The molecule has 3 aromatic heterocycles. The van der Waals surface area contributed by atoms with Crippen molar-refractivity contribution in [2.24, 2.45) is 0 Å². The van der Waals surface area contributed by atoms with Crippen molar-refractivity contribution in [3.63, 3.8) is 0 Å². The highest BCUT2D eigenvalue weighted by Gasteiger charge is 2.45. The van der Waals surface area contributed by atoms with Gasteiger partial charge in [0.05, 0.1) is 12.9 Å². The van der Waals surface area contributed by atoms with Gasteiger partial charge in [0.1, 0.15) is 24.6 Å². The topological polar surface area (TPSA) is 204 Å². The minimum atomic E-state index is -4.24. The second kappa shape index (κ2) is 6.77. The first kappa shape index (κ1) is 18.7. The molecule has 1 unspecified atom stereocenters. The third-order valence-electron chi connectivity index (χ3n) is 4.25. The van der Waals surface area contributed by atoms with Gasteiger partial charge < -0.3 is 25.6 Å². The van der Waals surface area contributed by atoms with Crippen molar-refractivity contribution < 1.29 is 28.9 Å². The summed E-state index contributed by atoms with van der Waals surface area (Å²) < 4.78 is 24.8. The Morgan fingerprint density at radius 1 is 1.36 bits per heavy atom. The molecule has 0 saturated carbocycles. The van der Waals surface area contributed by atoms with E-state index in [9.17, 15) is 24.5 Å². The van der Waals surface area contributed by atoms with E-state index >= 15 is 0 Å². The maximum Gasteiger partial charge on any atom is 0.437 e. The van der Waals surface area contributed by atoms with E-state index in [0.29, 0.717) is 0 Å². The number of nitrogens with two attached hydrogens (primary N) is 1. The molecule has 1 aliphatic heterocycles. The number of aliphatic hydroxyl groups excluding tert-OH is 2. The van der Waals surface area contributed by atoms with Crippen LogP contribution in [0.4, 0.5) is 5.95 Å². The number of nitrogens with one attached hydrogen (secondary N) is 1. The zero-order valence-corrected chi connectivity index (χ0v) is 15.0. The van der Waals surface area contributed by atoms with E-state index in [2.05, 4.69) is 19.9 Å². The fraction of sp³-hybridized carbons (Fsp3) is 0.385. The molecule has 15 heteroatoms. The minimum Gasteiger partial charge on any atom is -0.387 e. The van der Waals surface area contributed by atoms with Gasteiger partial charge in [0, 0.05) is 12.4 Å². The largest absolute Gasteiger partial charge is 0.437 e. The molecule has 150 valence electrons. The summed E-state index contributed by atoms with van der Waals surface area (Å²) >= 11 is 0. The Kier molecular flexibility index (Phi) is 4.53. The molecule has 0 amide bonds. The monoisotopic (exact) mass is 413 g/mol. The molecule has 0 aliphatic carbocycles. The molecule has 4 rings (SSSR count). The molecule has 0 radical (unpaired) electrons. The molecule has 14 nitrogen and oxygen atoms in total. The van der Waals surface area contributed by atoms with Gasteiger partial charge in [-0.1, -0.05) is 0 Å². The van der Waals surface area contributed by atoms with Crippen LogP contribution in [-0.4, -0.2) is 68.9 Å². The standard InChI is InChI=1S/C13H16N7O7P/c14-13-17-10-7(11(23)18-13)16-5-20(10)12-9(22)8(21)6(27-12)3-26-28(24,25)19-2-1-15-4-19/h1-2,4-6,8-9,12,21-22H,3H2,(H,24,25)(H3,14,17,18,23)/t6-,8-,9-,12-/m1/s1. The fourth-order valence-corrected chi connectivity index (χ4v) is 3.76. The van der Waals surface area contributed by atoms with Crippen LogP contribution in [0.2, 0.25) is 0 Å². The lowest BCUT2D eigenvalue weighted by atomic mass is 10.1. The number of rotatable bonds is 5. The smallest absolute Gasteiger partial charge is 0.387 e. The lowest BCUT2D eigenvalue weighted by molar-refractivity contribution is -0.0487. The summed E-state index contributed by atoms with van der Waals surface area (Å²) in [4.78, 5) is 35.6. The zero-order valence-electron chi connectivity index (χ0n) is 14.1. The summed E-state index contributed by atoms with van der Waals surface area (Å²) in [6.45, 7) is -0.497. The molecule has 3 aromatic rings. The Morgan fingerprint density at radius 2 is 2.14 bits per heavy atom. The highest BCUT2D eigenvalue weighted by molar-refractivity contribution is 7.51. The highest BCUT2D eigenvalue weighted by atomic mass is 31.2. The number of H-pyrrole nitrogens is 1. The summed E-state index contributed by atoms with van der Waals surface area (Å²) in [5.41, 5.74) is 4.98. The first-order chi connectivity index (χ1) is 13.3. The maximum atomic E-state index is 12.2. The van der Waals surface area contributed by atoms with Crippen LogP contribution in [0.5, 0.6) is 0 Å². The Bertz CT molecular complexity index is 1100. The van der Waals surface area contributed by atoms with E-state index in [1.165, 1.54) is 23.3 Å². The number of aromatic amines is 1. The van der Waals surface area contributed by atoms with E-state index in [-0.39, 0.29) is 17.1 Å². The molecule has 0 bridgehead atoms. The number of imidazole rings is 2. The Morgan fingerprint density at radius 3 is 2.86 bits per heavy atom. The van der Waals surface area contributed by atoms with Crippen LogP contribution < -0.4 is 11.3 Å². The van der Waals surface area contributed by atoms with Gasteiger partial charge in [-0.3, -0.25) is 18.9 Å². The number of fused-ring (bicyclic) bond motifs is 1. The number of hydrogen-bond donors (Lipinski definition) is 5. The number of ether oxygens (including phenoxy) is 1. The molecule has 0 spiro atoms. The van der Waals surface area contributed by atoms with Crippen LogP contribution in [0.25, 0.3) is 11.2 Å². The molecular weight excluding hydrogens is 397 g/mol. The van der Waals surface area contributed by atoms with Crippen molar-refractivity contribution >= 4 is 24.9 Å². The molecule has 4 heterocycles. The predicted octanol–water partition coefficient (Wildman–Crippen LogP) is -1.82. The van der Waals surface area contributed by atoms with Gasteiger partial charge in [-0.25, -0.2) is 18.9 Å². The molecule has 1 fully saturated rings. The fourth-order valence-electron chi connectivity index (χ4n) is 2.86. The lowest BCUT2D eigenvalue weighted by Gasteiger charge is -2.18. The second-order valence-electron chi connectivity index (χ2n) is 6.05. The van der Waals surface area contributed by atoms with Crippen molar-refractivity contribution in [1.29, 1.82) is 0 Å². The second-order valence-corrected chi connectivity index (χ2v) is 7.75. The van der Waals surface area contributed by atoms with Crippen molar-refractivity contribution in [2.45, 2.75) is 24.5 Å². The van der Waals surface area contributed by atoms with Gasteiger partial charge >= 0.3 is 7.75 Å². The summed E-state index contributed by atoms with van der Waals surface area (Å²) in [6, 6.07) is 0. The van der Waals surface area contributed by atoms with Crippen molar-refractivity contribution in [2.75, 3.05) is 12.3 Å². The third kappa shape index (κ3) is 3.11. The Hall–Kier alpha value is -2.61. The average Bonchev–Trinajstić information content (AvgIpc) is 3.35. The van der Waals surface area contributed by atoms with E-state index < -0.39 is 44.5 Å². The summed E-state index contributed by atoms with van der Waals surface area (Å²) in [5.74, 6) is -0.159. The van der Waals surface area contributed by atoms with Crippen LogP contribution in [0.1, 0.15) is 6.23 Å². The number of nitrogens with zero attached hydrogens (tertiary/aromatic N) is 5. The minimum absolute atomic E-state index is 0.0286. The number of aliphatic hydroxyl groups is 2. The SMILES string of the molecule is Nc1nc2c(ncn2[C@@H]2O[C@H](COP(=O)(O)n3ccnc3)[C@@H](O)[C@H]2O)c(=O)[nH]1. The van der Waals surface area contributed by atoms with Crippen molar-refractivity contribution in [1.82, 2.24) is 28.8 Å². The third-order valence-corrected chi connectivity index (χ3v) is 5.56. The van der Waals surface area contributed by atoms with Gasteiger partial charge in [0.25, 0.3) is 5.56 Å². The van der Waals surface area contributed by atoms with Gasteiger partial charge in [-0.2, -0.15) is 4.98 Å². The number of aromatic nitrogens is 6. The normalized spacial score (nSPS) is 27.2. The first-order valence-corrected chi connectivity index (χ1v) is 9.51. The summed E-state index contributed by atoms with van der Waals surface area (Å²) in [5, 5.41) is 20.6.